The Morgan fingerprint density at radius 3 is 2.48 bits per heavy atom. The average Bonchev–Trinajstić information content (AvgIpc) is 2.47. The lowest BCUT2D eigenvalue weighted by Gasteiger charge is -2.21. The van der Waals surface area contributed by atoms with E-state index in [1.54, 1.807) is 0 Å². The first-order chi connectivity index (χ1) is 10.0. The number of nitrogens with one attached hydrogen (secondary N) is 2. The minimum absolute atomic E-state index is 0.159. The van der Waals surface area contributed by atoms with Crippen LogP contribution in [0.1, 0.15) is 26.7 Å². The molecule has 1 aliphatic heterocycles. The van der Waals surface area contributed by atoms with Gasteiger partial charge in [-0.15, -0.1) is 0 Å². The molecule has 0 spiro atoms. The number of benzene rings is 1. The average molecular weight is 296 g/mol. The van der Waals surface area contributed by atoms with Crippen LogP contribution in [0.4, 0.5) is 9.18 Å². The van der Waals surface area contributed by atoms with E-state index in [-0.39, 0.29) is 24.5 Å². The van der Waals surface area contributed by atoms with Crippen LogP contribution >= 0.6 is 0 Å². The van der Waals surface area contributed by atoms with Crippen molar-refractivity contribution in [3.63, 3.8) is 0 Å². The topological polar surface area (TPSA) is 84.5 Å². The number of hydrogen-bond acceptors (Lipinski definition) is 4. The molecule has 7 heteroatoms. The Balaban J connectivity index is 0.00000106. The third-order valence-corrected chi connectivity index (χ3v) is 2.56. The number of piperidine rings is 1. The maximum atomic E-state index is 12.6. The zero-order chi connectivity index (χ0) is 15.8. The fraction of sp³-hybridized carbons (Fsp3) is 0.357. The molecule has 1 fully saturated rings. The number of carbonyl (C=O) groups is 3. The number of halogens is 1. The second-order valence-corrected chi connectivity index (χ2v) is 3.99. The molecule has 1 aromatic carbocycles. The quantitative estimate of drug-likeness (QED) is 0.814. The van der Waals surface area contributed by atoms with Crippen molar-refractivity contribution < 1.29 is 23.5 Å². The van der Waals surface area contributed by atoms with E-state index >= 15 is 0 Å². The highest BCUT2D eigenvalue weighted by Gasteiger charge is 2.28. The van der Waals surface area contributed by atoms with Gasteiger partial charge in [-0.25, -0.2) is 9.18 Å². The van der Waals surface area contributed by atoms with Gasteiger partial charge in [0.2, 0.25) is 11.8 Å². The van der Waals surface area contributed by atoms with Gasteiger partial charge >= 0.3 is 6.09 Å². The summed E-state index contributed by atoms with van der Waals surface area (Å²) in [6.07, 6.45) is -0.447. The highest BCUT2D eigenvalue weighted by Crippen LogP contribution is 2.11. The lowest BCUT2D eigenvalue weighted by Crippen LogP contribution is -2.52. The molecule has 1 aromatic rings. The summed E-state index contributed by atoms with van der Waals surface area (Å²) in [6.45, 7) is 4.00. The number of ether oxygens (including phenoxy) is 1. The molecule has 2 rings (SSSR count). The van der Waals surface area contributed by atoms with E-state index < -0.39 is 23.9 Å². The van der Waals surface area contributed by atoms with E-state index in [2.05, 4.69) is 10.6 Å². The van der Waals surface area contributed by atoms with Crippen molar-refractivity contribution in [2.75, 3.05) is 0 Å². The molecule has 114 valence electrons. The number of rotatable bonds is 2. The molecular formula is C14H17FN2O4. The monoisotopic (exact) mass is 296 g/mol. The second kappa shape index (κ2) is 7.98. The van der Waals surface area contributed by atoms with Crippen LogP contribution in [0.25, 0.3) is 0 Å². The number of hydrogen-bond donors (Lipinski definition) is 2. The molecule has 0 aliphatic carbocycles. The molecule has 21 heavy (non-hydrogen) atoms. The van der Waals surface area contributed by atoms with Crippen molar-refractivity contribution in [2.24, 2.45) is 0 Å². The Labute approximate surface area is 121 Å². The van der Waals surface area contributed by atoms with Crippen LogP contribution in [0.15, 0.2) is 24.3 Å². The summed E-state index contributed by atoms with van der Waals surface area (Å²) in [5, 5.41) is 4.44. The Morgan fingerprint density at radius 2 is 1.90 bits per heavy atom. The second-order valence-electron chi connectivity index (χ2n) is 3.99. The van der Waals surface area contributed by atoms with Crippen LogP contribution < -0.4 is 15.4 Å². The smallest absolute Gasteiger partial charge is 0.410 e. The van der Waals surface area contributed by atoms with Gasteiger partial charge in [-0.3, -0.25) is 14.9 Å². The minimum atomic E-state index is -0.832. The molecular weight excluding hydrogens is 279 g/mol. The largest absolute Gasteiger partial charge is 0.413 e. The minimum Gasteiger partial charge on any atom is -0.410 e. The summed E-state index contributed by atoms with van der Waals surface area (Å²) in [4.78, 5) is 33.8. The van der Waals surface area contributed by atoms with Crippen molar-refractivity contribution in [2.45, 2.75) is 32.7 Å². The molecule has 0 saturated carbocycles. The summed E-state index contributed by atoms with van der Waals surface area (Å²) in [5.41, 5.74) is 0. The van der Waals surface area contributed by atoms with Gasteiger partial charge in [0, 0.05) is 6.42 Å². The molecule has 0 radical (unpaired) electrons. The lowest BCUT2D eigenvalue weighted by atomic mass is 10.1. The molecule has 2 N–H and O–H groups in total. The maximum Gasteiger partial charge on any atom is 0.413 e. The van der Waals surface area contributed by atoms with Crippen LogP contribution in [-0.4, -0.2) is 23.9 Å². The van der Waals surface area contributed by atoms with Crippen molar-refractivity contribution in [3.05, 3.63) is 30.1 Å². The van der Waals surface area contributed by atoms with Crippen molar-refractivity contribution in [1.29, 1.82) is 0 Å². The molecule has 3 amide bonds. The van der Waals surface area contributed by atoms with Gasteiger partial charge in [0.25, 0.3) is 0 Å². The van der Waals surface area contributed by atoms with E-state index in [1.165, 1.54) is 12.1 Å². The van der Waals surface area contributed by atoms with E-state index in [0.29, 0.717) is 0 Å². The number of carbonyl (C=O) groups excluding carboxylic acids is 3. The SMILES string of the molecule is CC.O=C1CCC(NC(=O)Oc2ccc(F)cc2)C(=O)N1. The van der Waals surface area contributed by atoms with Crippen LogP contribution in [0.5, 0.6) is 5.75 Å². The van der Waals surface area contributed by atoms with Gasteiger partial charge in [0.05, 0.1) is 0 Å². The highest BCUT2D eigenvalue weighted by atomic mass is 19.1. The normalized spacial score (nSPS) is 17.2. The molecule has 0 bridgehead atoms. The van der Waals surface area contributed by atoms with E-state index in [9.17, 15) is 18.8 Å². The summed E-state index contributed by atoms with van der Waals surface area (Å²) in [6, 6.07) is 4.08. The van der Waals surface area contributed by atoms with Crippen molar-refractivity contribution in [3.8, 4) is 5.75 Å². The van der Waals surface area contributed by atoms with E-state index in [1.807, 2.05) is 13.8 Å². The molecule has 1 heterocycles. The fourth-order valence-corrected chi connectivity index (χ4v) is 1.61. The number of amides is 3. The molecule has 1 saturated heterocycles. The van der Waals surface area contributed by atoms with Crippen LogP contribution in [-0.2, 0) is 9.59 Å². The highest BCUT2D eigenvalue weighted by molar-refractivity contribution is 6.01. The van der Waals surface area contributed by atoms with Gasteiger partial charge in [-0.2, -0.15) is 0 Å². The summed E-state index contributed by atoms with van der Waals surface area (Å²) >= 11 is 0. The van der Waals surface area contributed by atoms with Crippen LogP contribution in [0.2, 0.25) is 0 Å². The zero-order valence-corrected chi connectivity index (χ0v) is 11.8. The Bertz CT molecular complexity index is 516. The molecule has 1 aliphatic rings. The Morgan fingerprint density at radius 1 is 1.29 bits per heavy atom. The van der Waals surface area contributed by atoms with E-state index in [4.69, 9.17) is 4.74 Å². The van der Waals surface area contributed by atoms with Crippen LogP contribution in [0.3, 0.4) is 0 Å². The summed E-state index contributed by atoms with van der Waals surface area (Å²) < 4.78 is 17.5. The first-order valence-electron chi connectivity index (χ1n) is 6.62. The molecule has 1 atom stereocenters. The predicted octanol–water partition coefficient (Wildman–Crippen LogP) is 1.75. The van der Waals surface area contributed by atoms with Crippen LogP contribution in [0, 0.1) is 5.82 Å². The summed E-state index contributed by atoms with van der Waals surface area (Å²) in [5.74, 6) is -1.22. The summed E-state index contributed by atoms with van der Waals surface area (Å²) in [7, 11) is 0. The Hall–Kier alpha value is -2.44. The first-order valence-corrected chi connectivity index (χ1v) is 6.62. The third-order valence-electron chi connectivity index (χ3n) is 2.56. The first kappa shape index (κ1) is 16.6. The van der Waals surface area contributed by atoms with Gasteiger partial charge in [0.15, 0.2) is 0 Å². The van der Waals surface area contributed by atoms with E-state index in [0.717, 1.165) is 12.1 Å². The molecule has 1 unspecified atom stereocenters. The van der Waals surface area contributed by atoms with Gasteiger partial charge in [0.1, 0.15) is 17.6 Å². The van der Waals surface area contributed by atoms with Gasteiger partial charge < -0.3 is 10.1 Å². The standard InChI is InChI=1S/C12H11FN2O4.C2H6/c13-7-1-3-8(4-2-7)19-12(18)14-9-5-6-10(16)15-11(9)17;1-2/h1-4,9H,5-6H2,(H,14,18)(H,15,16,17);1-2H3. The number of imide groups is 1. The molecule has 6 nitrogen and oxygen atoms in total. The van der Waals surface area contributed by atoms with Crippen molar-refractivity contribution in [1.82, 2.24) is 10.6 Å². The lowest BCUT2D eigenvalue weighted by molar-refractivity contribution is -0.134. The third kappa shape index (κ3) is 5.21. The molecule has 0 aromatic heterocycles. The van der Waals surface area contributed by atoms with Crippen molar-refractivity contribution >= 4 is 17.9 Å². The maximum absolute atomic E-state index is 12.6. The predicted molar refractivity (Wildman–Crippen MR) is 73.1 cm³/mol. The van der Waals surface area contributed by atoms with Gasteiger partial charge in [-0.05, 0) is 30.7 Å². The fourth-order valence-electron chi connectivity index (χ4n) is 1.61. The Kier molecular flexibility index (Phi) is 6.32. The zero-order valence-electron chi connectivity index (χ0n) is 11.8. The van der Waals surface area contributed by atoms with Gasteiger partial charge in [-0.1, -0.05) is 13.8 Å².